The number of nitrogens with one attached hydrogen (secondary N) is 2. The average molecular weight is 686 g/mol. The summed E-state index contributed by atoms with van der Waals surface area (Å²) in [6.07, 6.45) is 0.251. The van der Waals surface area contributed by atoms with Gasteiger partial charge in [-0.25, -0.2) is 12.8 Å². The molecule has 0 heterocycles. The summed E-state index contributed by atoms with van der Waals surface area (Å²) < 4.78 is 47.1. The van der Waals surface area contributed by atoms with Crippen LogP contribution in [0.3, 0.4) is 0 Å². The van der Waals surface area contributed by atoms with Gasteiger partial charge in [-0.2, -0.15) is 0 Å². The molecule has 0 saturated carbocycles. The molecular weight excluding hydrogens is 653 g/mol. The minimum atomic E-state index is -3.96. The Labute approximate surface area is 284 Å². The van der Waals surface area contributed by atoms with E-state index in [1.807, 2.05) is 78.9 Å². The summed E-state index contributed by atoms with van der Waals surface area (Å²) in [5.74, 6) is -1.03. The van der Waals surface area contributed by atoms with Crippen molar-refractivity contribution in [1.82, 2.24) is 10.2 Å². The largest absolute Gasteiger partial charge is 0.484 e. The van der Waals surface area contributed by atoms with Gasteiger partial charge >= 0.3 is 0 Å². The minimum absolute atomic E-state index is 0.0469. The second-order valence-electron chi connectivity index (χ2n) is 10.9. The third kappa shape index (κ3) is 9.43. The molecular formula is C37H33ClFN3O5S. The number of hydrogen-bond donors (Lipinski definition) is 2. The predicted molar refractivity (Wildman–Crippen MR) is 183 cm³/mol. The zero-order valence-electron chi connectivity index (χ0n) is 25.8. The molecule has 5 aromatic rings. The normalized spacial score (nSPS) is 11.7. The quantitative estimate of drug-likeness (QED) is 0.137. The highest BCUT2D eigenvalue weighted by Gasteiger charge is 2.31. The van der Waals surface area contributed by atoms with Crippen molar-refractivity contribution in [1.29, 1.82) is 0 Å². The van der Waals surface area contributed by atoms with Crippen molar-refractivity contribution in [2.24, 2.45) is 0 Å². The smallest absolute Gasteiger partial charge is 0.261 e. The van der Waals surface area contributed by atoms with E-state index in [-0.39, 0.29) is 41.7 Å². The van der Waals surface area contributed by atoms with Crippen LogP contribution < -0.4 is 14.8 Å². The Morgan fingerprint density at radius 1 is 0.771 bits per heavy atom. The molecule has 5 aromatic carbocycles. The molecule has 0 saturated heterocycles. The standard InChI is InChI=1S/C37H33ClFN3O5S/c38-34-14-8-7-13-29(34)24-40-37(44)35(23-27-9-3-1-4-10-27)42(25-28-11-5-2-6-12-28)36(43)26-47-32-19-21-33(22-20-32)48(45,46)41-31-17-15-30(39)16-18-31/h1-22,35,41H,23-26H2,(H,40,44). The number of carbonyl (C=O) groups excluding carboxylic acids is 2. The van der Waals surface area contributed by atoms with Crippen LogP contribution in [0.4, 0.5) is 10.1 Å². The molecule has 1 unspecified atom stereocenters. The van der Waals surface area contributed by atoms with E-state index in [4.69, 9.17) is 16.3 Å². The first kappa shape index (κ1) is 34.2. The highest BCUT2D eigenvalue weighted by atomic mass is 35.5. The Balaban J connectivity index is 1.34. The maximum absolute atomic E-state index is 13.9. The molecule has 8 nitrogen and oxygen atoms in total. The molecule has 0 spiro atoms. The topological polar surface area (TPSA) is 105 Å². The van der Waals surface area contributed by atoms with Crippen LogP contribution in [0, 0.1) is 5.82 Å². The van der Waals surface area contributed by atoms with Crippen molar-refractivity contribution in [3.8, 4) is 5.75 Å². The number of anilines is 1. The predicted octanol–water partition coefficient (Wildman–Crippen LogP) is 6.62. The van der Waals surface area contributed by atoms with Gasteiger partial charge in [0.05, 0.1) is 4.90 Å². The van der Waals surface area contributed by atoms with Crippen LogP contribution in [0.25, 0.3) is 0 Å². The number of halogens is 2. The van der Waals surface area contributed by atoms with Crippen LogP contribution in [-0.2, 0) is 39.1 Å². The molecule has 0 aliphatic carbocycles. The second kappa shape index (κ2) is 16.1. The molecule has 2 amide bonds. The number of sulfonamides is 1. The van der Waals surface area contributed by atoms with Crippen LogP contribution in [-0.4, -0.2) is 37.8 Å². The fourth-order valence-electron chi connectivity index (χ4n) is 4.95. The summed E-state index contributed by atoms with van der Waals surface area (Å²) in [6, 6.07) is 35.6. The van der Waals surface area contributed by atoms with Gasteiger partial charge in [-0.15, -0.1) is 0 Å². The summed E-state index contributed by atoms with van der Waals surface area (Å²) >= 11 is 6.33. The molecule has 246 valence electrons. The first-order valence-electron chi connectivity index (χ1n) is 15.1. The summed E-state index contributed by atoms with van der Waals surface area (Å²) in [7, 11) is -3.96. The molecule has 0 radical (unpaired) electrons. The fraction of sp³-hybridized carbons (Fsp3) is 0.135. The van der Waals surface area contributed by atoms with E-state index in [9.17, 15) is 22.4 Å². The monoisotopic (exact) mass is 685 g/mol. The lowest BCUT2D eigenvalue weighted by Crippen LogP contribution is -2.51. The van der Waals surface area contributed by atoms with Gasteiger partial charge in [-0.1, -0.05) is 90.5 Å². The lowest BCUT2D eigenvalue weighted by molar-refractivity contribution is -0.142. The third-order valence-corrected chi connectivity index (χ3v) is 9.24. The number of amides is 2. The van der Waals surface area contributed by atoms with Crippen LogP contribution >= 0.6 is 11.6 Å². The third-order valence-electron chi connectivity index (χ3n) is 7.47. The van der Waals surface area contributed by atoms with E-state index in [1.54, 1.807) is 6.07 Å². The molecule has 11 heteroatoms. The van der Waals surface area contributed by atoms with Gasteiger partial charge in [0.2, 0.25) is 5.91 Å². The summed E-state index contributed by atoms with van der Waals surface area (Å²) in [6.45, 7) is -0.0823. The van der Waals surface area contributed by atoms with E-state index in [0.717, 1.165) is 28.8 Å². The van der Waals surface area contributed by atoms with Gasteiger partial charge < -0.3 is 15.0 Å². The van der Waals surface area contributed by atoms with Crippen molar-refractivity contribution >= 4 is 39.1 Å². The number of rotatable bonds is 14. The fourth-order valence-corrected chi connectivity index (χ4v) is 6.21. The Kier molecular flexibility index (Phi) is 11.4. The van der Waals surface area contributed by atoms with Crippen LogP contribution in [0.15, 0.2) is 138 Å². The van der Waals surface area contributed by atoms with Gasteiger partial charge in [0.15, 0.2) is 6.61 Å². The molecule has 1 atom stereocenters. The van der Waals surface area contributed by atoms with Crippen LogP contribution in [0.5, 0.6) is 5.75 Å². The van der Waals surface area contributed by atoms with Gasteiger partial charge in [-0.05, 0) is 71.3 Å². The van der Waals surface area contributed by atoms with Crippen molar-refractivity contribution in [3.63, 3.8) is 0 Å². The Hall–Kier alpha value is -5.19. The van der Waals surface area contributed by atoms with Crippen molar-refractivity contribution in [2.75, 3.05) is 11.3 Å². The van der Waals surface area contributed by atoms with Crippen molar-refractivity contribution < 1.29 is 27.1 Å². The SMILES string of the molecule is O=C(NCc1ccccc1Cl)C(Cc1ccccc1)N(Cc1ccccc1)C(=O)COc1ccc(S(=O)(=O)Nc2ccc(F)cc2)cc1. The summed E-state index contributed by atoms with van der Waals surface area (Å²) in [4.78, 5) is 29.2. The number of benzene rings is 5. The van der Waals surface area contributed by atoms with Gasteiger partial charge in [-0.3, -0.25) is 14.3 Å². The lowest BCUT2D eigenvalue weighted by atomic mass is 10.0. The molecule has 48 heavy (non-hydrogen) atoms. The van der Waals surface area contributed by atoms with E-state index >= 15 is 0 Å². The number of carbonyl (C=O) groups is 2. The maximum atomic E-state index is 13.9. The summed E-state index contributed by atoms with van der Waals surface area (Å²) in [5, 5.41) is 3.48. The number of nitrogens with zero attached hydrogens (tertiary/aromatic N) is 1. The van der Waals surface area contributed by atoms with Crippen LogP contribution in [0.1, 0.15) is 16.7 Å². The maximum Gasteiger partial charge on any atom is 0.261 e. The first-order valence-corrected chi connectivity index (χ1v) is 16.9. The minimum Gasteiger partial charge on any atom is -0.484 e. The molecule has 0 fully saturated rings. The molecule has 5 rings (SSSR count). The van der Waals surface area contributed by atoms with Gasteiger partial charge in [0, 0.05) is 30.2 Å². The molecule has 0 aromatic heterocycles. The molecule has 0 aliphatic rings. The molecule has 0 aliphatic heterocycles. The van der Waals surface area contributed by atoms with E-state index in [0.29, 0.717) is 5.02 Å². The average Bonchev–Trinajstić information content (AvgIpc) is 3.10. The Morgan fingerprint density at radius 3 is 2.02 bits per heavy atom. The Bertz CT molecular complexity index is 1930. The number of ether oxygens (including phenoxy) is 1. The second-order valence-corrected chi connectivity index (χ2v) is 13.0. The van der Waals surface area contributed by atoms with Crippen molar-refractivity contribution in [3.05, 3.63) is 161 Å². The zero-order chi connectivity index (χ0) is 33.9. The van der Waals surface area contributed by atoms with Gasteiger partial charge in [0.25, 0.3) is 15.9 Å². The molecule has 2 N–H and O–H groups in total. The lowest BCUT2D eigenvalue weighted by Gasteiger charge is -2.31. The van der Waals surface area contributed by atoms with E-state index in [1.165, 1.54) is 41.3 Å². The van der Waals surface area contributed by atoms with E-state index in [2.05, 4.69) is 10.0 Å². The van der Waals surface area contributed by atoms with Gasteiger partial charge in [0.1, 0.15) is 17.6 Å². The first-order chi connectivity index (χ1) is 23.2. The Morgan fingerprint density at radius 2 is 1.38 bits per heavy atom. The summed E-state index contributed by atoms with van der Waals surface area (Å²) in [5.41, 5.74) is 2.65. The zero-order valence-corrected chi connectivity index (χ0v) is 27.3. The molecule has 0 bridgehead atoms. The van der Waals surface area contributed by atoms with Crippen LogP contribution in [0.2, 0.25) is 5.02 Å². The van der Waals surface area contributed by atoms with E-state index < -0.39 is 34.4 Å². The highest BCUT2D eigenvalue weighted by Crippen LogP contribution is 2.21. The highest BCUT2D eigenvalue weighted by molar-refractivity contribution is 7.92. The van der Waals surface area contributed by atoms with Crippen molar-refractivity contribution in [2.45, 2.75) is 30.4 Å². The number of hydrogen-bond acceptors (Lipinski definition) is 5.